The predicted octanol–water partition coefficient (Wildman–Crippen LogP) is 2.28. The van der Waals surface area contributed by atoms with Crippen LogP contribution in [-0.4, -0.2) is 29.6 Å². The van der Waals surface area contributed by atoms with Crippen LogP contribution < -0.4 is 5.48 Å². The molecule has 1 aliphatic carbocycles. The van der Waals surface area contributed by atoms with Gasteiger partial charge in [0.05, 0.1) is 18.2 Å². The van der Waals surface area contributed by atoms with E-state index in [0.717, 1.165) is 42.1 Å². The summed E-state index contributed by atoms with van der Waals surface area (Å²) in [6.45, 7) is 3.38. The molecule has 0 bridgehead atoms. The first-order valence-electron chi connectivity index (χ1n) is 7.56. The summed E-state index contributed by atoms with van der Waals surface area (Å²) < 4.78 is 11.5. The van der Waals surface area contributed by atoms with Gasteiger partial charge >= 0.3 is 0 Å². The Kier molecular flexibility index (Phi) is 3.46. The van der Waals surface area contributed by atoms with Crippen molar-refractivity contribution in [3.8, 4) is 11.8 Å². The van der Waals surface area contributed by atoms with Crippen LogP contribution in [0.3, 0.4) is 0 Å². The van der Waals surface area contributed by atoms with Crippen LogP contribution in [0, 0.1) is 18.8 Å². The number of hydrogen-bond donors (Lipinski definition) is 1. The van der Waals surface area contributed by atoms with Crippen molar-refractivity contribution in [3.63, 3.8) is 0 Å². The molecular formula is C16H18N2O3S. The van der Waals surface area contributed by atoms with E-state index in [1.165, 1.54) is 0 Å². The molecule has 0 radical (unpaired) electrons. The van der Waals surface area contributed by atoms with Crippen LogP contribution in [0.15, 0.2) is 17.2 Å². The van der Waals surface area contributed by atoms with Crippen LogP contribution in [0.5, 0.6) is 0 Å². The lowest BCUT2D eigenvalue weighted by Gasteiger charge is -2.39. The fraction of sp³-hybridized carbons (Fsp3) is 0.562. The normalized spacial score (nSPS) is 24.9. The van der Waals surface area contributed by atoms with E-state index in [-0.39, 0.29) is 11.4 Å². The summed E-state index contributed by atoms with van der Waals surface area (Å²) >= 11 is 1.61. The van der Waals surface area contributed by atoms with Gasteiger partial charge in [-0.1, -0.05) is 0 Å². The second kappa shape index (κ2) is 5.36. The molecule has 1 aromatic heterocycles. The molecule has 116 valence electrons. The first kappa shape index (κ1) is 14.2. The number of rotatable bonds is 0. The summed E-state index contributed by atoms with van der Waals surface area (Å²) in [6, 6.07) is 0. The predicted molar refractivity (Wildman–Crippen MR) is 81.9 cm³/mol. The lowest BCUT2D eigenvalue weighted by atomic mass is 9.81. The Hall–Kier alpha value is -1.39. The molecule has 3 aliphatic rings. The van der Waals surface area contributed by atoms with Gasteiger partial charge < -0.3 is 9.47 Å². The molecule has 2 spiro atoms. The SMILES string of the molecule is Cc1nc(C#CC2=CC3(CCC4(CC3)OCCO4)ON2)cs1. The van der Waals surface area contributed by atoms with Gasteiger partial charge in [0, 0.05) is 18.2 Å². The largest absolute Gasteiger partial charge is 0.348 e. The monoisotopic (exact) mass is 318 g/mol. The van der Waals surface area contributed by atoms with E-state index in [2.05, 4.69) is 28.4 Å². The van der Waals surface area contributed by atoms with Crippen LogP contribution in [0.1, 0.15) is 36.4 Å². The summed E-state index contributed by atoms with van der Waals surface area (Å²) in [5.41, 5.74) is 4.30. The average Bonchev–Trinajstić information content (AvgIpc) is 3.22. The Balaban J connectivity index is 1.45. The minimum Gasteiger partial charge on any atom is -0.348 e. The molecule has 0 aromatic carbocycles. The second-order valence-corrected chi connectivity index (χ2v) is 7.00. The smallest absolute Gasteiger partial charge is 0.168 e. The van der Waals surface area contributed by atoms with Crippen molar-refractivity contribution in [2.45, 2.75) is 44.0 Å². The third-order valence-corrected chi connectivity index (χ3v) is 5.16. The Bertz CT molecular complexity index is 654. The molecule has 0 atom stereocenters. The highest BCUT2D eigenvalue weighted by molar-refractivity contribution is 7.09. The molecule has 22 heavy (non-hydrogen) atoms. The number of hydroxylamine groups is 1. The zero-order valence-electron chi connectivity index (χ0n) is 12.5. The minimum absolute atomic E-state index is 0.275. The van der Waals surface area contributed by atoms with Crippen molar-refractivity contribution in [2.75, 3.05) is 13.2 Å². The maximum absolute atomic E-state index is 5.82. The van der Waals surface area contributed by atoms with Crippen LogP contribution >= 0.6 is 11.3 Å². The molecule has 1 aromatic rings. The number of ether oxygens (including phenoxy) is 2. The Morgan fingerprint density at radius 1 is 1.18 bits per heavy atom. The molecule has 0 unspecified atom stereocenters. The van der Waals surface area contributed by atoms with E-state index in [9.17, 15) is 0 Å². The Labute approximate surface area is 133 Å². The van der Waals surface area contributed by atoms with Gasteiger partial charge in [0.25, 0.3) is 0 Å². The van der Waals surface area contributed by atoms with E-state index < -0.39 is 0 Å². The summed E-state index contributed by atoms with van der Waals surface area (Å²) in [4.78, 5) is 10.2. The molecular weight excluding hydrogens is 300 g/mol. The van der Waals surface area contributed by atoms with Crippen molar-refractivity contribution in [1.82, 2.24) is 10.5 Å². The number of nitrogens with zero attached hydrogens (tertiary/aromatic N) is 1. The topological polar surface area (TPSA) is 52.6 Å². The summed E-state index contributed by atoms with van der Waals surface area (Å²) in [6.07, 6.45) is 5.57. The van der Waals surface area contributed by atoms with Crippen molar-refractivity contribution in [1.29, 1.82) is 0 Å². The maximum atomic E-state index is 5.82. The lowest BCUT2D eigenvalue weighted by Crippen LogP contribution is -2.43. The van der Waals surface area contributed by atoms with Gasteiger partial charge in [0.1, 0.15) is 17.0 Å². The molecule has 2 fully saturated rings. The average molecular weight is 318 g/mol. The number of nitrogens with one attached hydrogen (secondary N) is 1. The number of thiazole rings is 1. The summed E-state index contributed by atoms with van der Waals surface area (Å²) in [7, 11) is 0. The molecule has 2 aliphatic heterocycles. The first-order valence-corrected chi connectivity index (χ1v) is 8.44. The molecule has 4 rings (SSSR count). The zero-order valence-corrected chi connectivity index (χ0v) is 13.3. The van der Waals surface area contributed by atoms with Gasteiger partial charge in [-0.3, -0.25) is 10.3 Å². The second-order valence-electron chi connectivity index (χ2n) is 5.94. The van der Waals surface area contributed by atoms with Crippen molar-refractivity contribution < 1.29 is 14.3 Å². The van der Waals surface area contributed by atoms with E-state index in [1.807, 2.05) is 12.3 Å². The summed E-state index contributed by atoms with van der Waals surface area (Å²) in [5.74, 6) is 5.80. The minimum atomic E-state index is -0.366. The van der Waals surface area contributed by atoms with E-state index >= 15 is 0 Å². The summed E-state index contributed by atoms with van der Waals surface area (Å²) in [5, 5.41) is 2.99. The first-order chi connectivity index (χ1) is 10.7. The van der Waals surface area contributed by atoms with Gasteiger partial charge in [-0.15, -0.1) is 11.3 Å². The lowest BCUT2D eigenvalue weighted by molar-refractivity contribution is -0.205. The third kappa shape index (κ3) is 2.66. The van der Waals surface area contributed by atoms with E-state index in [1.54, 1.807) is 11.3 Å². The van der Waals surface area contributed by atoms with E-state index in [0.29, 0.717) is 13.2 Å². The van der Waals surface area contributed by atoms with Crippen LogP contribution in [-0.2, 0) is 14.3 Å². The van der Waals surface area contributed by atoms with Gasteiger partial charge in [-0.25, -0.2) is 4.98 Å². The standard InChI is InChI=1S/C16H18N2O3S/c1-12-17-14(11-22-12)3-2-13-10-15(21-18-13)4-6-16(7-5-15)19-8-9-20-16/h10-11,18H,4-9H2,1H3. The van der Waals surface area contributed by atoms with Crippen molar-refractivity contribution in [2.24, 2.45) is 0 Å². The van der Waals surface area contributed by atoms with Gasteiger partial charge in [0.15, 0.2) is 5.79 Å². The molecule has 1 saturated heterocycles. The quantitative estimate of drug-likeness (QED) is 0.744. The van der Waals surface area contributed by atoms with Crippen molar-refractivity contribution in [3.05, 3.63) is 27.9 Å². The number of aromatic nitrogens is 1. The fourth-order valence-electron chi connectivity index (χ4n) is 3.18. The number of hydrogen-bond acceptors (Lipinski definition) is 6. The van der Waals surface area contributed by atoms with Crippen LogP contribution in [0.2, 0.25) is 0 Å². The van der Waals surface area contributed by atoms with Crippen LogP contribution in [0.4, 0.5) is 0 Å². The van der Waals surface area contributed by atoms with Gasteiger partial charge in [-0.2, -0.15) is 0 Å². The molecule has 6 heteroatoms. The maximum Gasteiger partial charge on any atom is 0.168 e. The van der Waals surface area contributed by atoms with Gasteiger partial charge in [-0.05, 0) is 37.7 Å². The third-order valence-electron chi connectivity index (χ3n) is 4.39. The molecule has 0 amide bonds. The number of allylic oxidation sites excluding steroid dienone is 1. The van der Waals surface area contributed by atoms with E-state index in [4.69, 9.17) is 14.3 Å². The molecule has 1 saturated carbocycles. The highest BCUT2D eigenvalue weighted by Gasteiger charge is 2.48. The highest BCUT2D eigenvalue weighted by Crippen LogP contribution is 2.43. The van der Waals surface area contributed by atoms with Crippen molar-refractivity contribution >= 4 is 11.3 Å². The van der Waals surface area contributed by atoms with Crippen LogP contribution in [0.25, 0.3) is 0 Å². The Morgan fingerprint density at radius 2 is 1.95 bits per heavy atom. The molecule has 3 heterocycles. The fourth-order valence-corrected chi connectivity index (χ4v) is 3.72. The molecule has 1 N–H and O–H groups in total. The Morgan fingerprint density at radius 3 is 2.64 bits per heavy atom. The highest BCUT2D eigenvalue weighted by atomic mass is 32.1. The molecule has 5 nitrogen and oxygen atoms in total. The zero-order chi connectivity index (χ0) is 15.0. The number of aryl methyl sites for hydroxylation is 1. The van der Waals surface area contributed by atoms with Gasteiger partial charge in [0.2, 0.25) is 0 Å².